The number of rotatable bonds is 5. The van der Waals surface area contributed by atoms with E-state index in [1.54, 1.807) is 35.9 Å². The second kappa shape index (κ2) is 7.42. The van der Waals surface area contributed by atoms with Crippen molar-refractivity contribution in [3.05, 3.63) is 36.2 Å². The van der Waals surface area contributed by atoms with Crippen LogP contribution < -0.4 is 10.1 Å². The van der Waals surface area contributed by atoms with Crippen LogP contribution in [-0.4, -0.2) is 70.5 Å². The highest BCUT2D eigenvalue weighted by atomic mass is 16.5. The molecule has 0 radical (unpaired) electrons. The Hall–Kier alpha value is -3.10. The fourth-order valence-electron chi connectivity index (χ4n) is 2.62. The van der Waals surface area contributed by atoms with Gasteiger partial charge in [-0.3, -0.25) is 4.79 Å². The van der Waals surface area contributed by atoms with Crippen molar-refractivity contribution in [1.82, 2.24) is 24.8 Å². The maximum Gasteiger partial charge on any atom is 0.322 e. The van der Waals surface area contributed by atoms with Crippen LogP contribution in [0.15, 0.2) is 30.5 Å². The van der Waals surface area contributed by atoms with Gasteiger partial charge in [0.05, 0.1) is 24.5 Å². The van der Waals surface area contributed by atoms with E-state index >= 15 is 0 Å². The summed E-state index contributed by atoms with van der Waals surface area (Å²) in [5, 5.41) is 10.8. The average Bonchev–Trinajstić information content (AvgIpc) is 3.04. The van der Waals surface area contributed by atoms with Gasteiger partial charge in [-0.25, -0.2) is 9.48 Å². The summed E-state index contributed by atoms with van der Waals surface area (Å²) in [5.74, 6) is 0.446. The molecule has 1 aromatic heterocycles. The number of aromatic nitrogens is 3. The fraction of sp³-hybridized carbons (Fsp3) is 0.412. The van der Waals surface area contributed by atoms with Crippen LogP contribution in [0.3, 0.4) is 0 Å². The van der Waals surface area contributed by atoms with Crippen molar-refractivity contribution in [2.75, 3.05) is 39.1 Å². The Kier molecular flexibility index (Phi) is 5.06. The van der Waals surface area contributed by atoms with E-state index in [1.165, 1.54) is 4.90 Å². The number of amides is 3. The molecule has 1 N–H and O–H groups in total. The molecule has 26 heavy (non-hydrogen) atoms. The number of carbonyl (C=O) groups is 2. The Balaban J connectivity index is 1.57. The molecule has 1 fully saturated rings. The highest BCUT2D eigenvalue weighted by Gasteiger charge is 2.33. The van der Waals surface area contributed by atoms with E-state index in [-0.39, 0.29) is 18.0 Å². The Labute approximate surface area is 151 Å². The van der Waals surface area contributed by atoms with Gasteiger partial charge >= 0.3 is 6.03 Å². The molecular formula is C17H22N6O3. The number of hydrogen-bond acceptors (Lipinski definition) is 5. The minimum absolute atomic E-state index is 0.0131. The number of anilines is 1. The maximum atomic E-state index is 12.4. The molecule has 0 spiro atoms. The van der Waals surface area contributed by atoms with Gasteiger partial charge in [-0.05, 0) is 19.1 Å². The number of urea groups is 1. The summed E-state index contributed by atoms with van der Waals surface area (Å²) in [6, 6.07) is 7.14. The third kappa shape index (κ3) is 3.61. The van der Waals surface area contributed by atoms with Crippen molar-refractivity contribution in [2.24, 2.45) is 0 Å². The number of nitrogens with zero attached hydrogens (tertiary/aromatic N) is 5. The molecule has 2 heterocycles. The summed E-state index contributed by atoms with van der Waals surface area (Å²) in [6.07, 6.45) is 1.62. The lowest BCUT2D eigenvalue weighted by Crippen LogP contribution is -2.52. The smallest absolute Gasteiger partial charge is 0.322 e. The van der Waals surface area contributed by atoms with Gasteiger partial charge in [-0.2, -0.15) is 0 Å². The van der Waals surface area contributed by atoms with Gasteiger partial charge in [-0.1, -0.05) is 17.3 Å². The topological polar surface area (TPSA) is 92.6 Å². The van der Waals surface area contributed by atoms with Crippen LogP contribution in [0.2, 0.25) is 0 Å². The molecule has 9 heteroatoms. The third-order valence-corrected chi connectivity index (χ3v) is 4.09. The molecule has 0 saturated carbocycles. The monoisotopic (exact) mass is 358 g/mol. The summed E-state index contributed by atoms with van der Waals surface area (Å²) >= 11 is 0. The Morgan fingerprint density at radius 3 is 2.73 bits per heavy atom. The Morgan fingerprint density at radius 1 is 1.31 bits per heavy atom. The lowest BCUT2D eigenvalue weighted by Gasteiger charge is -2.38. The third-order valence-electron chi connectivity index (χ3n) is 4.09. The average molecular weight is 358 g/mol. The summed E-state index contributed by atoms with van der Waals surface area (Å²) < 4.78 is 7.15. The van der Waals surface area contributed by atoms with Crippen molar-refractivity contribution in [3.63, 3.8) is 0 Å². The van der Waals surface area contributed by atoms with Crippen molar-refractivity contribution in [2.45, 2.75) is 13.0 Å². The van der Waals surface area contributed by atoms with Gasteiger partial charge in [0.1, 0.15) is 5.75 Å². The minimum Gasteiger partial charge on any atom is -0.492 e. The number of carbonyl (C=O) groups excluding carboxylic acids is 2. The maximum absolute atomic E-state index is 12.4. The van der Waals surface area contributed by atoms with Crippen molar-refractivity contribution in [3.8, 4) is 5.75 Å². The highest BCUT2D eigenvalue weighted by Crippen LogP contribution is 2.26. The lowest BCUT2D eigenvalue weighted by atomic mass is 10.1. The van der Waals surface area contributed by atoms with E-state index in [4.69, 9.17) is 4.74 Å². The molecule has 1 aromatic carbocycles. The molecule has 3 rings (SSSR count). The first-order valence-corrected chi connectivity index (χ1v) is 8.40. The second-order valence-corrected chi connectivity index (χ2v) is 6.20. The first-order chi connectivity index (χ1) is 12.5. The van der Waals surface area contributed by atoms with E-state index < -0.39 is 0 Å². The number of ether oxygens (including phenoxy) is 1. The molecule has 2 aromatic rings. The predicted molar refractivity (Wildman–Crippen MR) is 95.3 cm³/mol. The van der Waals surface area contributed by atoms with Gasteiger partial charge < -0.3 is 19.9 Å². The van der Waals surface area contributed by atoms with Gasteiger partial charge in [0.15, 0.2) is 5.69 Å². The summed E-state index contributed by atoms with van der Waals surface area (Å²) in [5.41, 5.74) is 0.936. The normalized spacial score (nSPS) is 13.9. The molecule has 0 atom stereocenters. The molecule has 3 amide bonds. The number of nitrogens with one attached hydrogen (secondary N) is 1. The van der Waals surface area contributed by atoms with Crippen LogP contribution in [-0.2, 0) is 0 Å². The summed E-state index contributed by atoms with van der Waals surface area (Å²) in [4.78, 5) is 27.4. The molecular weight excluding hydrogens is 336 g/mol. The van der Waals surface area contributed by atoms with Gasteiger partial charge in [0.2, 0.25) is 0 Å². The zero-order chi connectivity index (χ0) is 18.7. The first kappa shape index (κ1) is 17.7. The predicted octanol–water partition coefficient (Wildman–Crippen LogP) is 1.47. The van der Waals surface area contributed by atoms with Gasteiger partial charge in [0, 0.05) is 27.2 Å². The lowest BCUT2D eigenvalue weighted by molar-refractivity contribution is 0.0821. The molecule has 0 bridgehead atoms. The Morgan fingerprint density at radius 2 is 2.04 bits per heavy atom. The molecule has 1 aliphatic rings. The molecule has 0 unspecified atom stereocenters. The van der Waals surface area contributed by atoms with Crippen LogP contribution in [0.1, 0.15) is 23.5 Å². The summed E-state index contributed by atoms with van der Waals surface area (Å²) in [7, 11) is 3.33. The molecule has 1 aliphatic heterocycles. The zero-order valence-electron chi connectivity index (χ0n) is 15.0. The quantitative estimate of drug-likeness (QED) is 0.874. The molecule has 138 valence electrons. The van der Waals surface area contributed by atoms with Crippen molar-refractivity contribution in [1.29, 1.82) is 0 Å². The van der Waals surface area contributed by atoms with Crippen molar-refractivity contribution < 1.29 is 14.3 Å². The fourth-order valence-corrected chi connectivity index (χ4v) is 2.62. The molecule has 0 aliphatic carbocycles. The zero-order valence-corrected chi connectivity index (χ0v) is 15.0. The number of likely N-dealkylation sites (tertiary alicyclic amines) is 1. The molecule has 9 nitrogen and oxygen atoms in total. The standard InChI is InChI=1S/C17H22N6O3/c1-4-26-15-8-6-5-7-13(15)18-17(25)22-9-12(10-22)23-11-14(19-20-23)16(24)21(2)3/h5-8,11-12H,4,9-10H2,1-3H3,(H,18,25). The number of para-hydroxylation sites is 2. The van der Waals surface area contributed by atoms with Gasteiger partial charge in [-0.15, -0.1) is 5.10 Å². The van der Waals surface area contributed by atoms with Crippen molar-refractivity contribution >= 4 is 17.6 Å². The number of hydrogen-bond donors (Lipinski definition) is 1. The van der Waals surface area contributed by atoms with Crippen LogP contribution >= 0.6 is 0 Å². The van der Waals surface area contributed by atoms with Crippen LogP contribution in [0, 0.1) is 0 Å². The largest absolute Gasteiger partial charge is 0.492 e. The first-order valence-electron chi connectivity index (χ1n) is 8.40. The summed E-state index contributed by atoms with van der Waals surface area (Å²) in [6.45, 7) is 3.42. The highest BCUT2D eigenvalue weighted by molar-refractivity contribution is 5.92. The Bertz CT molecular complexity index is 797. The van der Waals surface area contributed by atoms with E-state index in [0.29, 0.717) is 36.8 Å². The minimum atomic E-state index is -0.197. The second-order valence-electron chi connectivity index (χ2n) is 6.20. The van der Waals surface area contributed by atoms with E-state index in [0.717, 1.165) is 0 Å². The molecule has 1 saturated heterocycles. The van der Waals surface area contributed by atoms with Crippen LogP contribution in [0.5, 0.6) is 5.75 Å². The van der Waals surface area contributed by atoms with Crippen LogP contribution in [0.4, 0.5) is 10.5 Å². The van der Waals surface area contributed by atoms with E-state index in [9.17, 15) is 9.59 Å². The SMILES string of the molecule is CCOc1ccccc1NC(=O)N1CC(n2cc(C(=O)N(C)C)nn2)C1. The van der Waals surface area contributed by atoms with E-state index in [2.05, 4.69) is 15.6 Å². The van der Waals surface area contributed by atoms with Crippen LogP contribution in [0.25, 0.3) is 0 Å². The number of benzene rings is 1. The van der Waals surface area contributed by atoms with E-state index in [1.807, 2.05) is 25.1 Å². The van der Waals surface area contributed by atoms with Gasteiger partial charge in [0.25, 0.3) is 5.91 Å².